The summed E-state index contributed by atoms with van der Waals surface area (Å²) in [5.74, 6) is -1.46. The summed E-state index contributed by atoms with van der Waals surface area (Å²) in [6.45, 7) is 5.49. The van der Waals surface area contributed by atoms with Gasteiger partial charge in [0.25, 0.3) is 0 Å². The predicted molar refractivity (Wildman–Crippen MR) is 66.3 cm³/mol. The van der Waals surface area contributed by atoms with E-state index in [9.17, 15) is 13.6 Å². The summed E-state index contributed by atoms with van der Waals surface area (Å²) in [5, 5.41) is 11.1. The molecular weight excluding hydrogens is 256 g/mol. The molecule has 4 nitrogen and oxygen atoms in total. The third-order valence-corrected chi connectivity index (χ3v) is 2.60. The van der Waals surface area contributed by atoms with Crippen molar-refractivity contribution in [2.45, 2.75) is 26.8 Å². The number of nitrogens with one attached hydrogen (secondary N) is 1. The second kappa shape index (κ2) is 5.86. The Kier molecular flexibility index (Phi) is 4.69. The Morgan fingerprint density at radius 3 is 2.26 bits per heavy atom. The molecule has 0 spiro atoms. The zero-order valence-corrected chi connectivity index (χ0v) is 11.0. The minimum Gasteiger partial charge on any atom is -0.491 e. The molecule has 19 heavy (non-hydrogen) atoms. The van der Waals surface area contributed by atoms with Crippen LogP contribution in [0.25, 0.3) is 0 Å². The average Bonchev–Trinajstić information content (AvgIpc) is 2.20. The number of carboxylic acid groups (broad SMARTS) is 1. The number of halogens is 2. The van der Waals surface area contributed by atoms with E-state index in [0.29, 0.717) is 0 Å². The van der Waals surface area contributed by atoms with E-state index < -0.39 is 23.8 Å². The van der Waals surface area contributed by atoms with Crippen molar-refractivity contribution in [1.29, 1.82) is 0 Å². The predicted octanol–water partition coefficient (Wildman–Crippen LogP) is 3.03. The lowest BCUT2D eigenvalue weighted by molar-refractivity contribution is 0.147. The summed E-state index contributed by atoms with van der Waals surface area (Å²) in [6.07, 6.45) is -1.17. The maximum Gasteiger partial charge on any atom is 0.405 e. The van der Waals surface area contributed by atoms with Gasteiger partial charge in [-0.2, -0.15) is 0 Å². The highest BCUT2D eigenvalue weighted by atomic mass is 19.1. The molecule has 1 aromatic carbocycles. The molecular formula is C13H17F2NO3. The van der Waals surface area contributed by atoms with Crippen molar-refractivity contribution in [1.82, 2.24) is 5.32 Å². The molecule has 0 saturated heterocycles. The van der Waals surface area contributed by atoms with Crippen LogP contribution < -0.4 is 10.1 Å². The topological polar surface area (TPSA) is 58.6 Å². The second-order valence-corrected chi connectivity index (χ2v) is 5.28. The average molecular weight is 273 g/mol. The van der Waals surface area contributed by atoms with Crippen LogP contribution in [0.5, 0.6) is 5.75 Å². The van der Waals surface area contributed by atoms with Crippen molar-refractivity contribution in [3.05, 3.63) is 29.8 Å². The Balaban J connectivity index is 2.73. The van der Waals surface area contributed by atoms with Gasteiger partial charge in [0.05, 0.1) is 6.04 Å². The SMILES string of the molecule is CC(C)(C)C(COc1cc(F)cc(F)c1)NC(=O)O. The number of carbonyl (C=O) groups is 1. The van der Waals surface area contributed by atoms with Crippen LogP contribution in [-0.2, 0) is 0 Å². The van der Waals surface area contributed by atoms with Gasteiger partial charge in [0, 0.05) is 18.2 Å². The molecule has 1 unspecified atom stereocenters. The van der Waals surface area contributed by atoms with Gasteiger partial charge in [-0.15, -0.1) is 0 Å². The maximum absolute atomic E-state index is 13.0. The van der Waals surface area contributed by atoms with Gasteiger partial charge in [-0.05, 0) is 5.41 Å². The second-order valence-electron chi connectivity index (χ2n) is 5.28. The highest BCUT2D eigenvalue weighted by molar-refractivity contribution is 5.65. The fourth-order valence-corrected chi connectivity index (χ4v) is 1.45. The molecule has 0 saturated carbocycles. The van der Waals surface area contributed by atoms with Gasteiger partial charge in [0.2, 0.25) is 0 Å². The molecule has 0 aromatic heterocycles. The van der Waals surface area contributed by atoms with Crippen LogP contribution in [0.4, 0.5) is 13.6 Å². The summed E-state index contributed by atoms with van der Waals surface area (Å²) < 4.78 is 31.2. The third-order valence-electron chi connectivity index (χ3n) is 2.60. The van der Waals surface area contributed by atoms with E-state index in [-0.39, 0.29) is 17.8 Å². The number of benzene rings is 1. The summed E-state index contributed by atoms with van der Waals surface area (Å²) in [4.78, 5) is 10.7. The zero-order chi connectivity index (χ0) is 14.6. The van der Waals surface area contributed by atoms with Gasteiger partial charge < -0.3 is 15.2 Å². The minimum absolute atomic E-state index is 0.0152. The molecule has 0 fully saturated rings. The van der Waals surface area contributed by atoms with E-state index in [1.807, 2.05) is 20.8 Å². The molecule has 1 rings (SSSR count). The van der Waals surface area contributed by atoms with Crippen molar-refractivity contribution in [3.63, 3.8) is 0 Å². The van der Waals surface area contributed by atoms with Crippen LogP contribution in [0.3, 0.4) is 0 Å². The van der Waals surface area contributed by atoms with Crippen molar-refractivity contribution in [3.8, 4) is 5.75 Å². The van der Waals surface area contributed by atoms with Crippen LogP contribution in [0.15, 0.2) is 18.2 Å². The Morgan fingerprint density at radius 2 is 1.84 bits per heavy atom. The van der Waals surface area contributed by atoms with E-state index in [4.69, 9.17) is 9.84 Å². The molecule has 0 aliphatic heterocycles. The molecule has 2 N–H and O–H groups in total. The van der Waals surface area contributed by atoms with E-state index in [2.05, 4.69) is 5.32 Å². The van der Waals surface area contributed by atoms with Gasteiger partial charge in [-0.1, -0.05) is 20.8 Å². The van der Waals surface area contributed by atoms with Crippen molar-refractivity contribution in [2.24, 2.45) is 5.41 Å². The fraction of sp³-hybridized carbons (Fsp3) is 0.462. The van der Waals surface area contributed by atoms with Crippen molar-refractivity contribution in [2.75, 3.05) is 6.61 Å². The maximum atomic E-state index is 13.0. The van der Waals surface area contributed by atoms with Crippen LogP contribution in [0, 0.1) is 17.0 Å². The molecule has 6 heteroatoms. The minimum atomic E-state index is -1.17. The Morgan fingerprint density at radius 1 is 1.32 bits per heavy atom. The first kappa shape index (κ1) is 15.2. The molecule has 1 atom stereocenters. The fourth-order valence-electron chi connectivity index (χ4n) is 1.45. The number of rotatable bonds is 4. The van der Waals surface area contributed by atoms with Gasteiger partial charge >= 0.3 is 6.09 Å². The van der Waals surface area contributed by atoms with Crippen molar-refractivity contribution < 1.29 is 23.4 Å². The first-order chi connectivity index (χ1) is 8.68. The summed E-state index contributed by atoms with van der Waals surface area (Å²) in [6, 6.07) is 2.33. The van der Waals surface area contributed by atoms with Gasteiger partial charge in [-0.3, -0.25) is 0 Å². The smallest absolute Gasteiger partial charge is 0.405 e. The van der Waals surface area contributed by atoms with Crippen LogP contribution >= 0.6 is 0 Å². The highest BCUT2D eigenvalue weighted by Gasteiger charge is 2.27. The molecule has 0 radical (unpaired) electrons. The highest BCUT2D eigenvalue weighted by Crippen LogP contribution is 2.21. The number of amides is 1. The zero-order valence-electron chi connectivity index (χ0n) is 11.0. The number of hydrogen-bond acceptors (Lipinski definition) is 2. The summed E-state index contributed by atoms with van der Waals surface area (Å²) in [5.41, 5.74) is -0.385. The van der Waals surface area contributed by atoms with E-state index >= 15 is 0 Å². The van der Waals surface area contributed by atoms with Crippen molar-refractivity contribution >= 4 is 6.09 Å². The largest absolute Gasteiger partial charge is 0.491 e. The van der Waals surface area contributed by atoms with Crippen LogP contribution in [0.2, 0.25) is 0 Å². The Bertz CT molecular complexity index is 437. The van der Waals surface area contributed by atoms with E-state index in [0.717, 1.165) is 18.2 Å². The van der Waals surface area contributed by atoms with Crippen LogP contribution in [0.1, 0.15) is 20.8 Å². The molecule has 1 aromatic rings. The number of hydrogen-bond donors (Lipinski definition) is 2. The quantitative estimate of drug-likeness (QED) is 0.886. The number of ether oxygens (including phenoxy) is 1. The van der Waals surface area contributed by atoms with E-state index in [1.165, 1.54) is 0 Å². The standard InChI is InChI=1S/C13H17F2NO3/c1-13(2,3)11(16-12(17)18)7-19-10-5-8(14)4-9(15)6-10/h4-6,11,16H,7H2,1-3H3,(H,17,18). The lowest BCUT2D eigenvalue weighted by atomic mass is 9.87. The summed E-state index contributed by atoms with van der Waals surface area (Å²) >= 11 is 0. The first-order valence-corrected chi connectivity index (χ1v) is 5.77. The lowest BCUT2D eigenvalue weighted by Crippen LogP contribution is -2.47. The Hall–Kier alpha value is -1.85. The summed E-state index contributed by atoms with van der Waals surface area (Å²) in [7, 11) is 0. The first-order valence-electron chi connectivity index (χ1n) is 5.77. The van der Waals surface area contributed by atoms with E-state index in [1.54, 1.807) is 0 Å². The molecule has 1 amide bonds. The monoisotopic (exact) mass is 273 g/mol. The Labute approximate surface area is 110 Å². The van der Waals surface area contributed by atoms with Gasteiger partial charge in [0.15, 0.2) is 0 Å². The molecule has 0 aliphatic carbocycles. The normalized spacial score (nSPS) is 12.9. The molecule has 106 valence electrons. The third kappa shape index (κ3) is 5.11. The molecule has 0 aliphatic rings. The van der Waals surface area contributed by atoms with Gasteiger partial charge in [-0.25, -0.2) is 13.6 Å². The lowest BCUT2D eigenvalue weighted by Gasteiger charge is -2.30. The van der Waals surface area contributed by atoms with Crippen LogP contribution in [-0.4, -0.2) is 23.8 Å². The van der Waals surface area contributed by atoms with Gasteiger partial charge in [0.1, 0.15) is 24.0 Å². The molecule has 0 bridgehead atoms. The molecule has 0 heterocycles.